The van der Waals surface area contributed by atoms with Gasteiger partial charge in [-0.1, -0.05) is 181 Å². The molecule has 0 amide bonds. The Bertz CT molecular complexity index is 3750. The van der Waals surface area contributed by atoms with E-state index in [1.54, 1.807) is 12.1 Å². The van der Waals surface area contributed by atoms with Gasteiger partial charge in [0.2, 0.25) is 0 Å². The molecule has 12 rings (SSSR count). The number of allylic oxidation sites excluding steroid dienone is 3. The van der Waals surface area contributed by atoms with Crippen molar-refractivity contribution in [3.05, 3.63) is 292 Å². The van der Waals surface area contributed by atoms with E-state index >= 15 is 0 Å². The number of aliphatic hydroxyl groups excluding tert-OH is 3. The Kier molecular flexibility index (Phi) is 27.1. The van der Waals surface area contributed by atoms with Crippen LogP contribution in [0.2, 0.25) is 0 Å². The van der Waals surface area contributed by atoms with E-state index in [4.69, 9.17) is 10.5 Å². The van der Waals surface area contributed by atoms with Crippen molar-refractivity contribution in [3.8, 4) is 11.5 Å². The topological polar surface area (TPSA) is 132 Å². The van der Waals surface area contributed by atoms with Crippen molar-refractivity contribution in [2.24, 2.45) is 0 Å². The number of likely N-dealkylation sites (N-methyl/N-ethyl adjacent to an activating group) is 2. The quantitative estimate of drug-likeness (QED) is 0.0293. The Morgan fingerprint density at radius 2 is 0.735 bits per heavy atom. The summed E-state index contributed by atoms with van der Waals surface area (Å²) < 4.78 is 6.07. The number of benzene rings is 9. The first-order chi connectivity index (χ1) is 48.0. The minimum absolute atomic E-state index is 0.141. The van der Waals surface area contributed by atoms with Crippen molar-refractivity contribution < 1.29 is 25.2 Å². The lowest BCUT2D eigenvalue weighted by molar-refractivity contribution is 0.233. The number of piperazine rings is 2. The summed E-state index contributed by atoms with van der Waals surface area (Å²) in [6.45, 7) is 13.2. The highest BCUT2D eigenvalue weighted by molar-refractivity contribution is 6.01. The lowest BCUT2D eigenvalue weighted by Crippen LogP contribution is -2.44. The van der Waals surface area contributed by atoms with Crippen LogP contribution in [0.4, 0.5) is 17.1 Å². The second-order valence-electron chi connectivity index (χ2n) is 26.3. The summed E-state index contributed by atoms with van der Waals surface area (Å²) in [7, 11) is 6.57. The predicted octanol–water partition coefficient (Wildman–Crippen LogP) is 16.2. The third kappa shape index (κ3) is 20.1. The van der Waals surface area contributed by atoms with Crippen LogP contribution in [0.5, 0.6) is 11.5 Å². The van der Waals surface area contributed by atoms with Gasteiger partial charge in [-0.3, -0.25) is 0 Å². The molecular weight excluding hydrogens is 1210 g/mol. The molecule has 0 radical (unpaired) electrons. The molecule has 3 aliphatic heterocycles. The fourth-order valence-corrected chi connectivity index (χ4v) is 13.7. The molecule has 0 bridgehead atoms. The summed E-state index contributed by atoms with van der Waals surface area (Å²) in [4.78, 5) is 12.1. The minimum atomic E-state index is 0.141. The number of aryl methyl sites for hydroxylation is 1. The molecule has 0 saturated carbocycles. The number of phenolic OH excluding ortho intramolecular Hbond substituents is 1. The minimum Gasteiger partial charge on any atom is -0.508 e. The fraction of sp³-hybridized carbons (Fsp3) is 0.310. The number of aliphatic hydroxyl groups is 3. The number of anilines is 3. The summed E-state index contributed by atoms with van der Waals surface area (Å²) in [5.41, 5.74) is 28.3. The lowest BCUT2D eigenvalue weighted by atomic mass is 9.87. The van der Waals surface area contributed by atoms with Crippen molar-refractivity contribution in [1.29, 1.82) is 0 Å². The molecule has 0 aromatic heterocycles. The molecule has 9 aromatic rings. The first-order valence-corrected chi connectivity index (χ1v) is 35.4. The third-order valence-electron chi connectivity index (χ3n) is 19.3. The SMILES string of the molecule is CN1CCCC1CCOc1ccc(/C(=C(/CCCO)c2ccccc2)c2ccc(O)cc2)cc1.CN1CCN(c2ccc(/C(=C(/CCCO)c3ccccc3)c3ccc(N)cc3)cc2)CC1.Cc1ccc(/C(=C(\CCCO)c2ccccc2)c2ccc(N3CCN(C)CC3)cc2)cc1. The van der Waals surface area contributed by atoms with E-state index in [0.717, 1.165) is 137 Å². The van der Waals surface area contributed by atoms with E-state index in [2.05, 4.69) is 216 Å². The maximum atomic E-state index is 9.85. The molecule has 3 heterocycles. The third-order valence-corrected chi connectivity index (χ3v) is 19.3. The molecule has 1 unspecified atom stereocenters. The number of likely N-dealkylation sites (tertiary alicyclic amines) is 1. The average Bonchev–Trinajstić information content (AvgIpc) is 0.898. The maximum Gasteiger partial charge on any atom is 0.119 e. The Hall–Kier alpha value is -9.04. The molecule has 0 aliphatic carbocycles. The van der Waals surface area contributed by atoms with E-state index in [1.165, 1.54) is 92.0 Å². The Balaban J connectivity index is 0.000000159. The van der Waals surface area contributed by atoms with Crippen molar-refractivity contribution in [2.75, 3.05) is 122 Å². The van der Waals surface area contributed by atoms with E-state index in [-0.39, 0.29) is 25.6 Å². The van der Waals surface area contributed by atoms with Gasteiger partial charge < -0.3 is 55.4 Å². The Morgan fingerprint density at radius 3 is 1.08 bits per heavy atom. The van der Waals surface area contributed by atoms with Gasteiger partial charge in [0.1, 0.15) is 11.5 Å². The average molecular weight is 1310 g/mol. The van der Waals surface area contributed by atoms with Gasteiger partial charge in [0.15, 0.2) is 0 Å². The molecule has 3 saturated heterocycles. The summed E-state index contributed by atoms with van der Waals surface area (Å²) in [6.07, 6.45) is 8.14. The van der Waals surface area contributed by atoms with E-state index < -0.39 is 0 Å². The van der Waals surface area contributed by atoms with Crippen molar-refractivity contribution >= 4 is 50.5 Å². The Morgan fingerprint density at radius 1 is 0.398 bits per heavy atom. The maximum absolute atomic E-state index is 9.85. The lowest BCUT2D eigenvalue weighted by Gasteiger charge is -2.34. The molecule has 11 heteroatoms. The summed E-state index contributed by atoms with van der Waals surface area (Å²) in [5, 5.41) is 38.6. The van der Waals surface area contributed by atoms with Gasteiger partial charge in [0, 0.05) is 95.3 Å². The van der Waals surface area contributed by atoms with Crippen LogP contribution in [0, 0.1) is 6.92 Å². The first-order valence-electron chi connectivity index (χ1n) is 35.4. The van der Waals surface area contributed by atoms with Gasteiger partial charge in [-0.2, -0.15) is 0 Å². The summed E-state index contributed by atoms with van der Waals surface area (Å²) in [5.74, 6) is 1.13. The summed E-state index contributed by atoms with van der Waals surface area (Å²) in [6, 6.07) is 82.7. The number of nitrogen functional groups attached to an aromatic ring is 1. The first kappa shape index (κ1) is 71.7. The van der Waals surface area contributed by atoms with Gasteiger partial charge >= 0.3 is 0 Å². The Labute approximate surface area is 583 Å². The predicted molar refractivity (Wildman–Crippen MR) is 411 cm³/mol. The van der Waals surface area contributed by atoms with Crippen LogP contribution in [0.25, 0.3) is 33.4 Å². The molecule has 1 atom stereocenters. The van der Waals surface area contributed by atoms with Crippen LogP contribution in [-0.2, 0) is 0 Å². The zero-order valence-electron chi connectivity index (χ0n) is 58.2. The number of hydrogen-bond acceptors (Lipinski definition) is 11. The number of aromatic hydroxyl groups is 1. The van der Waals surface area contributed by atoms with Crippen LogP contribution >= 0.6 is 0 Å². The van der Waals surface area contributed by atoms with Crippen LogP contribution in [0.15, 0.2) is 237 Å². The number of hydrogen-bond donors (Lipinski definition) is 5. The molecular formula is C87H102N6O5. The van der Waals surface area contributed by atoms with Crippen LogP contribution < -0.4 is 20.3 Å². The van der Waals surface area contributed by atoms with Gasteiger partial charge in [-0.05, 0) is 237 Å². The van der Waals surface area contributed by atoms with Gasteiger partial charge in [-0.25, -0.2) is 0 Å². The highest BCUT2D eigenvalue weighted by atomic mass is 16.5. The number of phenols is 1. The molecule has 0 spiro atoms. The smallest absolute Gasteiger partial charge is 0.119 e. The number of nitrogens with zero attached hydrogens (tertiary/aromatic N) is 5. The van der Waals surface area contributed by atoms with Gasteiger partial charge in [0.05, 0.1) is 6.61 Å². The van der Waals surface area contributed by atoms with Crippen molar-refractivity contribution in [2.45, 2.75) is 70.8 Å². The van der Waals surface area contributed by atoms with Crippen LogP contribution in [-0.4, -0.2) is 148 Å². The van der Waals surface area contributed by atoms with Crippen LogP contribution in [0.3, 0.4) is 0 Å². The second-order valence-corrected chi connectivity index (χ2v) is 26.3. The second kappa shape index (κ2) is 37.1. The fourth-order valence-electron chi connectivity index (χ4n) is 13.7. The summed E-state index contributed by atoms with van der Waals surface area (Å²) >= 11 is 0. The molecule has 510 valence electrons. The highest BCUT2D eigenvalue weighted by Crippen LogP contribution is 2.40. The number of nitrogens with two attached hydrogens (primary N) is 1. The zero-order valence-corrected chi connectivity index (χ0v) is 58.2. The van der Waals surface area contributed by atoms with Crippen molar-refractivity contribution in [3.63, 3.8) is 0 Å². The number of rotatable bonds is 24. The molecule has 3 aliphatic rings. The molecule has 98 heavy (non-hydrogen) atoms. The monoisotopic (exact) mass is 1310 g/mol. The largest absolute Gasteiger partial charge is 0.508 e. The number of ether oxygens (including phenoxy) is 1. The highest BCUT2D eigenvalue weighted by Gasteiger charge is 2.23. The standard InChI is InChI=1S/C30H35NO3.C29H34N2O.C28H33N3O/c1-31-20-5-9-26(31)19-22-34-28-17-13-25(14-18-28)30(24-11-15-27(33)16-12-24)29(10-6-21-32)23-7-3-2-4-8-23;1-23-10-12-25(13-11-23)29(28(9-6-22-32)24-7-4-3-5-8-24)26-14-16-27(17-15-26)31-20-18-30(2)19-21-31;1-30-17-19-31(20-18-30)26-15-11-24(12-16-26)28(23-9-13-25(29)14-10-23)27(8-5-21-32)22-6-3-2-4-7-22/h2-4,7-8,11-18,26,32-33H,5-6,9-10,19-22H2,1H3;3-5,7-8,10-17,32H,6,9,18-22H2,1-2H3;2-4,6-7,9-16,32H,5,8,17-21,29H2,1H3/b30-29-;29-28-;28-27-. The van der Waals surface area contributed by atoms with Crippen LogP contribution in [0.1, 0.15) is 113 Å². The van der Waals surface area contributed by atoms with Crippen molar-refractivity contribution in [1.82, 2.24) is 14.7 Å². The van der Waals surface area contributed by atoms with Gasteiger partial charge in [0.25, 0.3) is 0 Å². The molecule has 3 fully saturated rings. The molecule has 11 nitrogen and oxygen atoms in total. The van der Waals surface area contributed by atoms with E-state index in [0.29, 0.717) is 12.5 Å². The molecule has 9 aromatic carbocycles. The van der Waals surface area contributed by atoms with Gasteiger partial charge in [-0.15, -0.1) is 0 Å². The van der Waals surface area contributed by atoms with E-state index in [1.807, 2.05) is 60.7 Å². The zero-order chi connectivity index (χ0) is 68.4. The normalized spacial score (nSPS) is 16.0. The molecule has 6 N–H and O–H groups in total. The van der Waals surface area contributed by atoms with E-state index in [9.17, 15) is 20.4 Å².